The molecule has 0 aliphatic heterocycles. The summed E-state index contributed by atoms with van der Waals surface area (Å²) in [5.41, 5.74) is 0.0807. The Hall–Kier alpha value is -2.01. The van der Waals surface area contributed by atoms with Gasteiger partial charge in [-0.3, -0.25) is 0 Å². The second-order valence-electron chi connectivity index (χ2n) is 3.86. The van der Waals surface area contributed by atoms with Crippen molar-refractivity contribution in [2.45, 2.75) is 19.4 Å². The molecule has 1 atom stereocenters. The second kappa shape index (κ2) is 6.24. The van der Waals surface area contributed by atoms with Crippen LogP contribution in [-0.4, -0.2) is 23.1 Å². The smallest absolute Gasteiger partial charge is 0.336 e. The van der Waals surface area contributed by atoms with Crippen LogP contribution in [0.2, 0.25) is 5.02 Å². The summed E-state index contributed by atoms with van der Waals surface area (Å²) in [6.07, 6.45) is 0.416. The number of benzene rings is 1. The predicted octanol–water partition coefficient (Wildman–Crippen LogP) is 1.77. The average Bonchev–Trinajstić information content (AvgIpc) is 2.34. The lowest BCUT2D eigenvalue weighted by Crippen LogP contribution is -2.18. The second-order valence-corrected chi connectivity index (χ2v) is 4.24. The number of ether oxygens (including phenoxy) is 1. The molecular weight excluding hydrogens is 272 g/mol. The van der Waals surface area contributed by atoms with E-state index in [2.05, 4.69) is 6.58 Å². The summed E-state index contributed by atoms with van der Waals surface area (Å²) in [7, 11) is 0. The van der Waals surface area contributed by atoms with Crippen molar-refractivity contribution in [1.82, 2.24) is 0 Å². The standard InChI is InChI=1S/C13H13ClO5/c1-3-11(16)19-7(2)6-9-8(13(17)18)4-5-10(15)12(9)14/h3-5,7,15H,1,6H2,2H3,(H,17,18)/p-1. The van der Waals surface area contributed by atoms with Gasteiger partial charge in [0.25, 0.3) is 0 Å². The van der Waals surface area contributed by atoms with Crippen molar-refractivity contribution in [3.63, 3.8) is 0 Å². The Kier molecular flexibility index (Phi) is 4.94. The summed E-state index contributed by atoms with van der Waals surface area (Å²) in [6, 6.07) is 2.28. The fourth-order valence-corrected chi connectivity index (χ4v) is 1.82. The van der Waals surface area contributed by atoms with Crippen LogP contribution in [0, 0.1) is 0 Å². The molecule has 0 spiro atoms. The van der Waals surface area contributed by atoms with E-state index < -0.39 is 23.8 Å². The van der Waals surface area contributed by atoms with Crippen LogP contribution >= 0.6 is 11.6 Å². The first kappa shape index (κ1) is 15.0. The van der Waals surface area contributed by atoms with E-state index in [4.69, 9.17) is 21.4 Å². The van der Waals surface area contributed by atoms with Crippen LogP contribution in [0.1, 0.15) is 22.8 Å². The predicted molar refractivity (Wildman–Crippen MR) is 67.3 cm³/mol. The highest BCUT2D eigenvalue weighted by Crippen LogP contribution is 2.29. The molecule has 0 saturated carbocycles. The molecule has 1 unspecified atom stereocenters. The molecule has 0 aromatic heterocycles. The fourth-order valence-electron chi connectivity index (χ4n) is 1.58. The normalized spacial score (nSPS) is 11.7. The number of hydrogen-bond acceptors (Lipinski definition) is 4. The summed E-state index contributed by atoms with van der Waals surface area (Å²) in [5.74, 6) is -2.29. The van der Waals surface area contributed by atoms with Crippen LogP contribution in [-0.2, 0) is 16.0 Å². The lowest BCUT2D eigenvalue weighted by Gasteiger charge is -2.18. The molecule has 0 saturated heterocycles. The van der Waals surface area contributed by atoms with Crippen molar-refractivity contribution in [2.75, 3.05) is 0 Å². The number of carboxylic acids is 1. The van der Waals surface area contributed by atoms with Gasteiger partial charge < -0.3 is 14.9 Å². The van der Waals surface area contributed by atoms with E-state index in [1.54, 1.807) is 6.92 Å². The molecule has 102 valence electrons. The zero-order chi connectivity index (χ0) is 14.6. The molecule has 1 aromatic carbocycles. The highest BCUT2D eigenvalue weighted by atomic mass is 35.5. The lowest BCUT2D eigenvalue weighted by atomic mass is 10.0. The number of rotatable bonds is 5. The maximum absolute atomic E-state index is 11.4. The lowest BCUT2D eigenvalue weighted by molar-refractivity contribution is -0.268. The van der Waals surface area contributed by atoms with Crippen LogP contribution in [0.5, 0.6) is 5.75 Å². The Morgan fingerprint density at radius 3 is 2.74 bits per heavy atom. The van der Waals surface area contributed by atoms with E-state index in [0.29, 0.717) is 0 Å². The maximum Gasteiger partial charge on any atom is 0.336 e. The van der Waals surface area contributed by atoms with Crippen LogP contribution in [0.15, 0.2) is 24.8 Å². The molecule has 0 bridgehead atoms. The Morgan fingerprint density at radius 1 is 1.58 bits per heavy atom. The van der Waals surface area contributed by atoms with Gasteiger partial charge in [0.15, 0.2) is 0 Å². The third-order valence-electron chi connectivity index (χ3n) is 2.41. The highest BCUT2D eigenvalue weighted by Gasteiger charge is 2.17. The Labute approximate surface area is 115 Å². The summed E-state index contributed by atoms with van der Waals surface area (Å²) in [5, 5.41) is 20.3. The molecule has 5 nitrogen and oxygen atoms in total. The molecule has 0 aliphatic carbocycles. The molecule has 6 heteroatoms. The summed E-state index contributed by atoms with van der Waals surface area (Å²) in [4.78, 5) is 22.1. The number of esters is 1. The average molecular weight is 284 g/mol. The van der Waals surface area contributed by atoms with Crippen molar-refractivity contribution in [3.05, 3.63) is 40.9 Å². The number of halogens is 1. The number of carbonyl (C=O) groups is 2. The number of aromatic carboxylic acids is 1. The van der Waals surface area contributed by atoms with Crippen molar-refractivity contribution >= 4 is 23.5 Å². The minimum Gasteiger partial charge on any atom is -0.871 e. The number of carbonyl (C=O) groups excluding carboxylic acids is 1. The largest absolute Gasteiger partial charge is 0.871 e. The highest BCUT2D eigenvalue weighted by molar-refractivity contribution is 6.33. The fraction of sp³-hybridized carbons (Fsp3) is 0.231. The van der Waals surface area contributed by atoms with E-state index in [9.17, 15) is 14.7 Å². The Balaban J connectivity index is 3.05. The molecule has 0 aliphatic rings. The van der Waals surface area contributed by atoms with Gasteiger partial charge in [0.1, 0.15) is 6.10 Å². The number of hydrogen-bond donors (Lipinski definition) is 1. The van der Waals surface area contributed by atoms with Gasteiger partial charge in [0.05, 0.1) is 5.56 Å². The summed E-state index contributed by atoms with van der Waals surface area (Å²) in [6.45, 7) is 4.82. The van der Waals surface area contributed by atoms with E-state index in [-0.39, 0.29) is 22.6 Å². The van der Waals surface area contributed by atoms with E-state index in [1.807, 2.05) is 0 Å². The van der Waals surface area contributed by atoms with Crippen LogP contribution in [0.3, 0.4) is 0 Å². The van der Waals surface area contributed by atoms with Crippen molar-refractivity contribution < 1.29 is 24.5 Å². The molecule has 0 amide bonds. The van der Waals surface area contributed by atoms with Gasteiger partial charge in [0, 0.05) is 17.5 Å². The zero-order valence-electron chi connectivity index (χ0n) is 10.2. The van der Waals surface area contributed by atoms with Crippen molar-refractivity contribution in [1.29, 1.82) is 0 Å². The van der Waals surface area contributed by atoms with Crippen LogP contribution in [0.25, 0.3) is 0 Å². The minimum atomic E-state index is -1.20. The van der Waals surface area contributed by atoms with Gasteiger partial charge in [-0.1, -0.05) is 30.0 Å². The van der Waals surface area contributed by atoms with Gasteiger partial charge in [-0.05, 0) is 18.6 Å². The summed E-state index contributed by atoms with van der Waals surface area (Å²) < 4.78 is 4.92. The van der Waals surface area contributed by atoms with Gasteiger partial charge in [-0.15, -0.1) is 0 Å². The first-order valence-corrected chi connectivity index (χ1v) is 5.79. The Morgan fingerprint density at radius 2 is 2.21 bits per heavy atom. The minimum absolute atomic E-state index is 0.0378. The zero-order valence-corrected chi connectivity index (χ0v) is 10.9. The third-order valence-corrected chi connectivity index (χ3v) is 2.83. The number of carboxylic acid groups (broad SMARTS) is 1. The van der Waals surface area contributed by atoms with E-state index in [1.165, 1.54) is 6.07 Å². The first-order valence-electron chi connectivity index (χ1n) is 5.41. The van der Waals surface area contributed by atoms with E-state index in [0.717, 1.165) is 12.1 Å². The molecule has 1 aromatic rings. The van der Waals surface area contributed by atoms with Gasteiger partial charge in [-0.2, -0.15) is 0 Å². The molecule has 1 N–H and O–H groups in total. The van der Waals surface area contributed by atoms with E-state index >= 15 is 0 Å². The monoisotopic (exact) mass is 283 g/mol. The summed E-state index contributed by atoms with van der Waals surface area (Å²) >= 11 is 5.82. The molecule has 19 heavy (non-hydrogen) atoms. The molecule has 0 heterocycles. The molecule has 0 fully saturated rings. The quantitative estimate of drug-likeness (QED) is 0.657. The van der Waals surface area contributed by atoms with Crippen molar-refractivity contribution in [3.8, 4) is 5.75 Å². The van der Waals surface area contributed by atoms with Crippen LogP contribution in [0.4, 0.5) is 0 Å². The Bertz CT molecular complexity index is 524. The van der Waals surface area contributed by atoms with Gasteiger partial charge in [-0.25, -0.2) is 9.59 Å². The molecular formula is C13H12ClO5-. The third kappa shape index (κ3) is 3.72. The van der Waals surface area contributed by atoms with Gasteiger partial charge in [0.2, 0.25) is 0 Å². The molecule has 1 rings (SSSR count). The molecule has 0 radical (unpaired) electrons. The first-order chi connectivity index (χ1) is 8.86. The van der Waals surface area contributed by atoms with Gasteiger partial charge >= 0.3 is 11.9 Å². The van der Waals surface area contributed by atoms with Crippen LogP contribution < -0.4 is 5.11 Å². The SMILES string of the molecule is C=CC(=O)OC(C)Cc1c(C(=O)O)ccc([O-])c1Cl. The topological polar surface area (TPSA) is 86.7 Å². The maximum atomic E-state index is 11.4. The van der Waals surface area contributed by atoms with Crippen molar-refractivity contribution in [2.24, 2.45) is 0 Å².